The number of carbonyl (C=O) groups excluding carboxylic acids is 3. The highest BCUT2D eigenvalue weighted by Gasteiger charge is 2.57. The lowest BCUT2D eigenvalue weighted by Gasteiger charge is -2.31. The van der Waals surface area contributed by atoms with Crippen LogP contribution in [0, 0.1) is 5.92 Å². The number of hydrogen-bond donors (Lipinski definition) is 2. The number of alkyl halides is 6. The van der Waals surface area contributed by atoms with Gasteiger partial charge in [0.2, 0.25) is 17.7 Å². The zero-order valence-electron chi connectivity index (χ0n) is 24.3. The lowest BCUT2D eigenvalue weighted by molar-refractivity contribution is -0.138. The molecule has 0 radical (unpaired) electrons. The first kappa shape index (κ1) is 33.1. The van der Waals surface area contributed by atoms with E-state index >= 15 is 0 Å². The molecular weight excluding hydrogens is 688 g/mol. The highest BCUT2D eigenvalue weighted by Crippen LogP contribution is 2.54. The van der Waals surface area contributed by atoms with Gasteiger partial charge in [0.05, 0.1) is 34.9 Å². The number of aromatic hydroxyl groups is 1. The summed E-state index contributed by atoms with van der Waals surface area (Å²) in [6.07, 6.45) is -9.43. The number of aromatic nitrogens is 1. The number of thioether (sulfide) groups is 1. The smallest absolute Gasteiger partial charge is 0.416 e. The van der Waals surface area contributed by atoms with Crippen molar-refractivity contribution in [2.24, 2.45) is 5.92 Å². The van der Waals surface area contributed by atoms with Gasteiger partial charge in [-0.25, -0.2) is 4.90 Å². The molecule has 0 unspecified atom stereocenters. The first-order valence-corrected chi connectivity index (χ1v) is 15.6. The Morgan fingerprint density at radius 2 is 1.58 bits per heavy atom. The van der Waals surface area contributed by atoms with Gasteiger partial charge in [0.15, 0.2) is 11.5 Å². The molecule has 3 amide bonds. The molecule has 3 heterocycles. The Balaban J connectivity index is 1.41. The number of anilines is 2. The van der Waals surface area contributed by atoms with Gasteiger partial charge in [-0.05, 0) is 54.1 Å². The molecule has 2 N–H and O–H groups in total. The van der Waals surface area contributed by atoms with Gasteiger partial charge >= 0.3 is 17.2 Å². The van der Waals surface area contributed by atoms with Crippen molar-refractivity contribution in [2.75, 3.05) is 17.3 Å². The zero-order chi connectivity index (χ0) is 34.7. The maximum Gasteiger partial charge on any atom is 0.416 e. The number of rotatable bonds is 6. The number of benzene rings is 3. The van der Waals surface area contributed by atoms with Crippen LogP contribution in [0.1, 0.15) is 27.5 Å². The summed E-state index contributed by atoms with van der Waals surface area (Å²) in [6.45, 7) is -0.670. The number of imide groups is 1. The van der Waals surface area contributed by atoms with Crippen molar-refractivity contribution in [2.45, 2.75) is 35.1 Å². The predicted molar refractivity (Wildman–Crippen MR) is 162 cm³/mol. The van der Waals surface area contributed by atoms with Crippen molar-refractivity contribution >= 4 is 52.2 Å². The van der Waals surface area contributed by atoms with Gasteiger partial charge < -0.3 is 15.2 Å². The molecule has 250 valence electrons. The monoisotopic (exact) mass is 709 g/mol. The van der Waals surface area contributed by atoms with Gasteiger partial charge in [0.1, 0.15) is 11.8 Å². The molecule has 4 aromatic rings. The maximum atomic E-state index is 14.0. The first-order chi connectivity index (χ1) is 22.6. The third-order valence-electron chi connectivity index (χ3n) is 7.82. The van der Waals surface area contributed by atoms with E-state index in [0.29, 0.717) is 27.9 Å². The number of phenols is 1. The second-order valence-corrected chi connectivity index (χ2v) is 12.9. The molecule has 3 atom stereocenters. The number of nitrogens with zero attached hydrogens (tertiary/aromatic N) is 2. The van der Waals surface area contributed by atoms with E-state index in [2.05, 4.69) is 5.32 Å². The van der Waals surface area contributed by atoms with Gasteiger partial charge in [-0.1, -0.05) is 41.3 Å². The normalized spacial score (nSPS) is 19.2. The predicted octanol–water partition coefficient (Wildman–Crippen LogP) is 6.10. The van der Waals surface area contributed by atoms with Crippen molar-refractivity contribution in [3.63, 3.8) is 0 Å². The van der Waals surface area contributed by atoms with E-state index in [4.69, 9.17) is 4.74 Å². The van der Waals surface area contributed by atoms with Crippen LogP contribution in [0.2, 0.25) is 0 Å². The molecule has 9 nitrogen and oxygen atoms in total. The van der Waals surface area contributed by atoms with E-state index < -0.39 is 69.7 Å². The van der Waals surface area contributed by atoms with Gasteiger partial charge in [-0.2, -0.15) is 26.3 Å². The van der Waals surface area contributed by atoms with Crippen LogP contribution >= 0.6 is 23.1 Å². The molecule has 1 aromatic heterocycles. The third kappa shape index (κ3) is 5.91. The minimum Gasteiger partial charge on any atom is -0.504 e. The Labute approximate surface area is 274 Å². The molecule has 17 heteroatoms. The molecule has 2 aliphatic heterocycles. The van der Waals surface area contributed by atoms with Crippen LogP contribution in [0.15, 0.2) is 76.6 Å². The van der Waals surface area contributed by atoms with Crippen molar-refractivity contribution < 1.29 is 50.6 Å². The summed E-state index contributed by atoms with van der Waals surface area (Å²) in [5.74, 6) is -5.05. The number of hydrogen-bond acceptors (Lipinski definition) is 8. The molecule has 0 spiro atoms. The molecule has 0 aliphatic carbocycles. The molecule has 0 bridgehead atoms. The Kier molecular flexibility index (Phi) is 8.31. The third-order valence-corrected chi connectivity index (χ3v) is 10.4. The lowest BCUT2D eigenvalue weighted by Crippen LogP contribution is -2.33. The van der Waals surface area contributed by atoms with Crippen LogP contribution in [-0.2, 0) is 33.3 Å². The molecule has 0 saturated carbocycles. The van der Waals surface area contributed by atoms with Crippen molar-refractivity contribution in [3.8, 4) is 11.5 Å². The van der Waals surface area contributed by atoms with E-state index in [0.717, 1.165) is 46.7 Å². The van der Waals surface area contributed by atoms with E-state index in [-0.39, 0.29) is 32.8 Å². The van der Waals surface area contributed by atoms with E-state index in [1.165, 1.54) is 37.4 Å². The summed E-state index contributed by atoms with van der Waals surface area (Å²) in [5, 5.41) is 11.4. The molecule has 1 fully saturated rings. The van der Waals surface area contributed by atoms with Gasteiger partial charge in [0.25, 0.3) is 0 Å². The van der Waals surface area contributed by atoms with Crippen LogP contribution in [0.3, 0.4) is 0 Å². The van der Waals surface area contributed by atoms with Gasteiger partial charge in [-0.3, -0.25) is 23.7 Å². The largest absolute Gasteiger partial charge is 0.504 e. The minimum atomic E-state index is -4.76. The molecule has 1 saturated heterocycles. The number of fused-ring (bicyclic) bond motifs is 2. The number of ether oxygens (including phenoxy) is 1. The quantitative estimate of drug-likeness (QED) is 0.184. The highest BCUT2D eigenvalue weighted by molar-refractivity contribution is 8.00. The van der Waals surface area contributed by atoms with Crippen molar-refractivity contribution in [1.82, 2.24) is 4.57 Å². The SMILES string of the molecule is COc1cc([C@@H]2c3sc(=O)n(CC(=O)Nc4cccc(C(F)(F)F)c4)c3S[C@@H]3C(=O)N(c4cccc(C(F)(F)F)c4)C(=O)[C@H]23)ccc1O. The Bertz CT molecular complexity index is 2020. The maximum absolute atomic E-state index is 14.0. The number of halogens is 6. The van der Waals surface area contributed by atoms with Gasteiger partial charge in [-0.15, -0.1) is 0 Å². The van der Waals surface area contributed by atoms with Crippen molar-refractivity contribution in [3.05, 3.63) is 98.0 Å². The summed E-state index contributed by atoms with van der Waals surface area (Å²) in [7, 11) is 1.28. The fourth-order valence-corrected chi connectivity index (χ4v) is 8.47. The van der Waals surface area contributed by atoms with E-state index in [9.17, 15) is 50.6 Å². The number of phenolic OH excluding ortho intramolecular Hbond substituents is 1. The Hall–Kier alpha value is -4.77. The van der Waals surface area contributed by atoms with Crippen LogP contribution in [0.25, 0.3) is 0 Å². The summed E-state index contributed by atoms with van der Waals surface area (Å²) >= 11 is 1.46. The number of thiazole rings is 1. The lowest BCUT2D eigenvalue weighted by atomic mass is 9.83. The number of amides is 3. The van der Waals surface area contributed by atoms with Crippen LogP contribution in [-0.4, -0.2) is 39.8 Å². The number of methoxy groups -OCH3 is 1. The van der Waals surface area contributed by atoms with Gasteiger partial charge in [0, 0.05) is 16.5 Å². The molecular formula is C31H21F6N3O6S2. The second kappa shape index (κ2) is 12.0. The summed E-state index contributed by atoms with van der Waals surface area (Å²) < 4.78 is 86.4. The average Bonchev–Trinajstić information content (AvgIpc) is 3.46. The summed E-state index contributed by atoms with van der Waals surface area (Å²) in [5.41, 5.74) is -2.24. The Morgan fingerprint density at radius 1 is 0.917 bits per heavy atom. The molecule has 3 aromatic carbocycles. The van der Waals surface area contributed by atoms with Crippen LogP contribution in [0.5, 0.6) is 11.5 Å². The zero-order valence-corrected chi connectivity index (χ0v) is 25.9. The standard InChI is InChI=1S/C31H21F6N3O6S2/c1-46-20-10-14(8-9-19(20)41)22-23-24(27(44)40(26(23)43)18-7-3-5-16(12-18)31(35,36)37)47-28-25(22)48-29(45)39(28)13-21(42)38-17-6-2-4-15(11-17)30(32,33)34/h2-12,22-24,41H,13H2,1H3,(H,38,42)/t22-,23+,24-/m0/s1. The van der Waals surface area contributed by atoms with Crippen LogP contribution in [0.4, 0.5) is 37.7 Å². The van der Waals surface area contributed by atoms with E-state index in [1.807, 2.05) is 0 Å². The first-order valence-electron chi connectivity index (χ1n) is 13.9. The van der Waals surface area contributed by atoms with Crippen LogP contribution < -0.4 is 19.8 Å². The number of nitrogens with one attached hydrogen (secondary N) is 1. The number of carbonyl (C=O) groups is 3. The average molecular weight is 710 g/mol. The summed E-state index contributed by atoms with van der Waals surface area (Å²) in [4.78, 5) is 54.5. The Morgan fingerprint density at radius 3 is 2.25 bits per heavy atom. The summed E-state index contributed by atoms with van der Waals surface area (Å²) in [6, 6.07) is 11.7. The fraction of sp³-hybridized carbons (Fsp3) is 0.226. The molecule has 2 aliphatic rings. The molecule has 48 heavy (non-hydrogen) atoms. The fourth-order valence-electron chi connectivity index (χ4n) is 5.70. The molecule has 6 rings (SSSR count). The van der Waals surface area contributed by atoms with E-state index in [1.54, 1.807) is 0 Å². The van der Waals surface area contributed by atoms with Crippen molar-refractivity contribution in [1.29, 1.82) is 0 Å². The topological polar surface area (TPSA) is 118 Å². The minimum absolute atomic E-state index is 0.00239. The highest BCUT2D eigenvalue weighted by atomic mass is 32.2. The second-order valence-electron chi connectivity index (χ2n) is 10.8.